The van der Waals surface area contributed by atoms with Gasteiger partial charge in [-0.25, -0.2) is 14.6 Å². The van der Waals surface area contributed by atoms with Crippen LogP contribution in [-0.4, -0.2) is 33.4 Å². The van der Waals surface area contributed by atoms with Gasteiger partial charge in [0.2, 0.25) is 0 Å². The summed E-state index contributed by atoms with van der Waals surface area (Å²) in [5, 5.41) is 3.48. The molecule has 4 rings (SSSR count). The third-order valence-corrected chi connectivity index (χ3v) is 5.40. The number of fused-ring (bicyclic) bond motifs is 1. The van der Waals surface area contributed by atoms with Crippen molar-refractivity contribution in [2.24, 2.45) is 0 Å². The van der Waals surface area contributed by atoms with Crippen LogP contribution in [0.25, 0.3) is 20.8 Å². The highest BCUT2D eigenvalue weighted by molar-refractivity contribution is 7.21. The topological polar surface area (TPSA) is 134 Å². The SMILES string of the molecule is Cc1ccc2nc(-c3ccc(NC(=O)COC(=O)c4c[nH]c(=O)[nH]c4=O)cc3)sc2c1. The molecule has 2 aromatic heterocycles. The number of H-pyrrole nitrogens is 2. The predicted molar refractivity (Wildman–Crippen MR) is 116 cm³/mol. The highest BCUT2D eigenvalue weighted by atomic mass is 32.1. The van der Waals surface area contributed by atoms with E-state index >= 15 is 0 Å². The van der Waals surface area contributed by atoms with Gasteiger partial charge in [-0.15, -0.1) is 11.3 Å². The van der Waals surface area contributed by atoms with E-state index in [-0.39, 0.29) is 0 Å². The first-order chi connectivity index (χ1) is 14.9. The molecule has 0 saturated carbocycles. The quantitative estimate of drug-likeness (QED) is 0.412. The number of carbonyl (C=O) groups excluding carboxylic acids is 2. The Kier molecular flexibility index (Phi) is 5.46. The van der Waals surface area contributed by atoms with Crippen molar-refractivity contribution < 1.29 is 14.3 Å². The number of amides is 1. The summed E-state index contributed by atoms with van der Waals surface area (Å²) >= 11 is 1.59. The average molecular weight is 436 g/mol. The second-order valence-corrected chi connectivity index (χ2v) is 7.71. The lowest BCUT2D eigenvalue weighted by molar-refractivity contribution is -0.119. The molecular formula is C21H16N4O5S. The van der Waals surface area contributed by atoms with Gasteiger partial charge in [-0.3, -0.25) is 14.6 Å². The molecule has 0 saturated heterocycles. The third-order valence-electron chi connectivity index (χ3n) is 4.33. The van der Waals surface area contributed by atoms with E-state index in [1.165, 1.54) is 5.56 Å². The number of ether oxygens (including phenoxy) is 1. The summed E-state index contributed by atoms with van der Waals surface area (Å²) in [4.78, 5) is 55.2. The van der Waals surface area contributed by atoms with Crippen LogP contribution in [0.1, 0.15) is 15.9 Å². The molecule has 0 aliphatic carbocycles. The summed E-state index contributed by atoms with van der Waals surface area (Å²) in [6.07, 6.45) is 0.934. The molecule has 3 N–H and O–H groups in total. The Morgan fingerprint density at radius 2 is 1.90 bits per heavy atom. The molecule has 0 radical (unpaired) electrons. The van der Waals surface area contributed by atoms with Gasteiger partial charge >= 0.3 is 11.7 Å². The first-order valence-corrected chi connectivity index (χ1v) is 9.97. The number of nitrogens with zero attached hydrogens (tertiary/aromatic N) is 1. The van der Waals surface area contributed by atoms with Gasteiger partial charge < -0.3 is 15.0 Å². The van der Waals surface area contributed by atoms with Gasteiger partial charge in [0.05, 0.1) is 10.2 Å². The van der Waals surface area contributed by atoms with Crippen molar-refractivity contribution in [3.63, 3.8) is 0 Å². The van der Waals surface area contributed by atoms with Gasteiger partial charge in [-0.2, -0.15) is 0 Å². The Hall–Kier alpha value is -4.05. The first-order valence-electron chi connectivity index (χ1n) is 9.16. The zero-order valence-corrected chi connectivity index (χ0v) is 17.0. The van der Waals surface area contributed by atoms with E-state index in [4.69, 9.17) is 4.74 Å². The molecule has 1 amide bonds. The fourth-order valence-electron chi connectivity index (χ4n) is 2.82. The molecule has 0 aliphatic heterocycles. The standard InChI is InChI=1S/C21H16N4O5S/c1-11-2-7-15-16(8-11)31-19(24-15)12-3-5-13(6-4-12)23-17(26)10-30-20(28)14-9-22-21(29)25-18(14)27/h2-9H,10H2,1H3,(H,23,26)(H2,22,25,27,29). The molecule has 0 fully saturated rings. The van der Waals surface area contributed by atoms with Crippen LogP contribution in [0.5, 0.6) is 0 Å². The molecule has 0 aliphatic rings. The van der Waals surface area contributed by atoms with Crippen molar-refractivity contribution in [1.82, 2.24) is 15.0 Å². The fourth-order valence-corrected chi connectivity index (χ4v) is 3.89. The maximum atomic E-state index is 12.0. The summed E-state index contributed by atoms with van der Waals surface area (Å²) in [5.41, 5.74) is 1.50. The number of nitrogens with one attached hydrogen (secondary N) is 3. The summed E-state index contributed by atoms with van der Waals surface area (Å²) in [7, 11) is 0. The number of hydrogen-bond donors (Lipinski definition) is 3. The number of rotatable bonds is 5. The van der Waals surface area contributed by atoms with Gasteiger partial charge in [0, 0.05) is 17.4 Å². The van der Waals surface area contributed by atoms with Crippen LogP contribution >= 0.6 is 11.3 Å². The smallest absolute Gasteiger partial charge is 0.345 e. The number of carbonyl (C=O) groups is 2. The van der Waals surface area contributed by atoms with Gasteiger partial charge in [0.15, 0.2) is 6.61 Å². The molecular weight excluding hydrogens is 420 g/mol. The van der Waals surface area contributed by atoms with Gasteiger partial charge in [-0.05, 0) is 48.9 Å². The molecule has 2 aromatic carbocycles. The van der Waals surface area contributed by atoms with Crippen LogP contribution in [0.2, 0.25) is 0 Å². The van der Waals surface area contributed by atoms with Crippen molar-refractivity contribution in [2.75, 3.05) is 11.9 Å². The van der Waals surface area contributed by atoms with Gasteiger partial charge in [0.1, 0.15) is 10.6 Å². The summed E-state index contributed by atoms with van der Waals surface area (Å²) in [6, 6.07) is 13.2. The van der Waals surface area contributed by atoms with E-state index in [2.05, 4.69) is 21.4 Å². The van der Waals surface area contributed by atoms with E-state index in [0.29, 0.717) is 5.69 Å². The minimum absolute atomic E-state index is 0.400. The Labute approximate surface area is 178 Å². The van der Waals surface area contributed by atoms with Crippen molar-refractivity contribution in [2.45, 2.75) is 6.92 Å². The fraction of sp³-hybridized carbons (Fsp3) is 0.0952. The van der Waals surface area contributed by atoms with Crippen LogP contribution in [0.3, 0.4) is 0 Å². The number of aromatic amines is 2. The number of benzene rings is 2. The maximum Gasteiger partial charge on any atom is 0.345 e. The molecule has 31 heavy (non-hydrogen) atoms. The summed E-state index contributed by atoms with van der Waals surface area (Å²) in [6.45, 7) is 1.45. The Balaban J connectivity index is 1.38. The third kappa shape index (κ3) is 4.59. The van der Waals surface area contributed by atoms with E-state index in [0.717, 1.165) is 27.0 Å². The lowest BCUT2D eigenvalue weighted by atomic mass is 10.2. The average Bonchev–Trinajstić information content (AvgIpc) is 3.15. The minimum Gasteiger partial charge on any atom is -0.452 e. The zero-order chi connectivity index (χ0) is 22.0. The summed E-state index contributed by atoms with van der Waals surface area (Å²) in [5.74, 6) is -1.59. The molecule has 2 heterocycles. The molecule has 0 spiro atoms. The highest BCUT2D eigenvalue weighted by Crippen LogP contribution is 2.31. The van der Waals surface area contributed by atoms with Crippen molar-refractivity contribution in [3.8, 4) is 10.6 Å². The van der Waals surface area contributed by atoms with E-state index in [1.54, 1.807) is 23.5 Å². The number of anilines is 1. The van der Waals surface area contributed by atoms with Crippen LogP contribution in [0.4, 0.5) is 5.69 Å². The molecule has 4 aromatic rings. The van der Waals surface area contributed by atoms with E-state index in [1.807, 2.05) is 36.2 Å². The van der Waals surface area contributed by atoms with E-state index in [9.17, 15) is 19.2 Å². The molecule has 0 atom stereocenters. The Morgan fingerprint density at radius 1 is 1.13 bits per heavy atom. The van der Waals surface area contributed by atoms with Crippen molar-refractivity contribution >= 4 is 39.1 Å². The number of aryl methyl sites for hydroxylation is 1. The molecule has 10 heteroatoms. The normalized spacial score (nSPS) is 10.7. The molecule has 9 nitrogen and oxygen atoms in total. The number of aromatic nitrogens is 3. The Bertz CT molecular complexity index is 1400. The first kappa shape index (κ1) is 20.2. The largest absolute Gasteiger partial charge is 0.452 e. The Morgan fingerprint density at radius 3 is 2.65 bits per heavy atom. The minimum atomic E-state index is -1.02. The van der Waals surface area contributed by atoms with Crippen molar-refractivity contribution in [1.29, 1.82) is 0 Å². The highest BCUT2D eigenvalue weighted by Gasteiger charge is 2.15. The lowest BCUT2D eigenvalue weighted by Crippen LogP contribution is -2.29. The predicted octanol–water partition coefficient (Wildman–Crippen LogP) is 2.44. The second-order valence-electron chi connectivity index (χ2n) is 6.68. The van der Waals surface area contributed by atoms with Crippen LogP contribution in [0.15, 0.2) is 58.3 Å². The van der Waals surface area contributed by atoms with Gasteiger partial charge in [-0.1, -0.05) is 6.07 Å². The van der Waals surface area contributed by atoms with Crippen LogP contribution in [-0.2, 0) is 9.53 Å². The zero-order valence-electron chi connectivity index (χ0n) is 16.2. The molecule has 0 unspecified atom stereocenters. The van der Waals surface area contributed by atoms with Crippen LogP contribution in [0, 0.1) is 6.92 Å². The number of esters is 1. The van der Waals surface area contributed by atoms with Crippen molar-refractivity contribution in [3.05, 3.63) is 80.6 Å². The molecule has 0 bridgehead atoms. The summed E-state index contributed by atoms with van der Waals surface area (Å²) < 4.78 is 5.92. The van der Waals surface area contributed by atoms with Gasteiger partial charge in [0.25, 0.3) is 11.5 Å². The number of thiazole rings is 1. The maximum absolute atomic E-state index is 12.0. The monoisotopic (exact) mass is 436 g/mol. The molecule has 156 valence electrons. The van der Waals surface area contributed by atoms with E-state index < -0.39 is 35.3 Å². The van der Waals surface area contributed by atoms with Crippen LogP contribution < -0.4 is 16.6 Å². The lowest BCUT2D eigenvalue weighted by Gasteiger charge is -2.07. The second kappa shape index (κ2) is 8.36. The number of hydrogen-bond acceptors (Lipinski definition) is 7.